The van der Waals surface area contributed by atoms with Gasteiger partial charge in [-0.15, -0.1) is 0 Å². The van der Waals surface area contributed by atoms with E-state index in [4.69, 9.17) is 5.11 Å². The minimum absolute atomic E-state index is 0.345. The Kier molecular flexibility index (Phi) is 13.9. The number of carboxylic acid groups (broad SMARTS) is 1. The van der Waals surface area contributed by atoms with Crippen molar-refractivity contribution in [2.45, 2.75) is 96.8 Å². The molecule has 0 spiro atoms. The quantitative estimate of drug-likeness (QED) is 0.369. The summed E-state index contributed by atoms with van der Waals surface area (Å²) in [6.45, 7) is 2.26. The molecule has 0 saturated heterocycles. The zero-order valence-electron chi connectivity index (χ0n) is 17.0. The number of aromatic nitrogens is 3. The summed E-state index contributed by atoms with van der Waals surface area (Å²) >= 11 is 0. The van der Waals surface area contributed by atoms with Crippen molar-refractivity contribution in [2.24, 2.45) is 0 Å². The number of aliphatic carboxylic acids is 1. The number of benzene rings is 1. The van der Waals surface area contributed by atoms with Gasteiger partial charge in [-0.3, -0.25) is 4.79 Å². The molecule has 0 aliphatic carbocycles. The molecule has 152 valence electrons. The molecule has 5 nitrogen and oxygen atoms in total. The van der Waals surface area contributed by atoms with Gasteiger partial charge < -0.3 is 5.11 Å². The molecule has 0 unspecified atom stereocenters. The van der Waals surface area contributed by atoms with Crippen LogP contribution in [0.15, 0.2) is 24.3 Å². The fraction of sp³-hybridized carbons (Fsp3) is 0.682. The second-order valence-corrected chi connectivity index (χ2v) is 7.20. The zero-order valence-corrected chi connectivity index (χ0v) is 17.0. The van der Waals surface area contributed by atoms with Gasteiger partial charge in [-0.1, -0.05) is 96.1 Å². The van der Waals surface area contributed by atoms with Crippen LogP contribution in [0.2, 0.25) is 0 Å². The molecule has 2 aromatic rings. The Morgan fingerprint density at radius 1 is 0.778 bits per heavy atom. The molecule has 0 aliphatic rings. The lowest BCUT2D eigenvalue weighted by Crippen LogP contribution is -1.93. The number of carboxylic acids is 1. The van der Waals surface area contributed by atoms with Crippen LogP contribution in [-0.4, -0.2) is 26.5 Å². The van der Waals surface area contributed by atoms with E-state index in [0.29, 0.717) is 6.42 Å². The van der Waals surface area contributed by atoms with Crippen molar-refractivity contribution in [3.63, 3.8) is 0 Å². The van der Waals surface area contributed by atoms with Gasteiger partial charge in [0.1, 0.15) is 11.0 Å². The van der Waals surface area contributed by atoms with E-state index in [1.807, 2.05) is 24.3 Å². The van der Waals surface area contributed by atoms with Crippen LogP contribution in [0, 0.1) is 0 Å². The first-order chi connectivity index (χ1) is 13.2. The Morgan fingerprint density at radius 2 is 1.19 bits per heavy atom. The van der Waals surface area contributed by atoms with E-state index in [2.05, 4.69) is 22.3 Å². The monoisotopic (exact) mass is 375 g/mol. The summed E-state index contributed by atoms with van der Waals surface area (Å²) in [4.78, 5) is 10.3. The second-order valence-electron chi connectivity index (χ2n) is 7.20. The molecule has 0 saturated carbocycles. The fourth-order valence-electron chi connectivity index (χ4n) is 3.08. The molecule has 1 heterocycles. The highest BCUT2D eigenvalue weighted by Gasteiger charge is 1.97. The predicted molar refractivity (Wildman–Crippen MR) is 112 cm³/mol. The largest absolute Gasteiger partial charge is 0.481 e. The number of hydrogen-bond acceptors (Lipinski definition) is 3. The molecule has 0 amide bonds. The first kappa shape index (κ1) is 23.1. The number of carbonyl (C=O) groups is 1. The highest BCUT2D eigenvalue weighted by molar-refractivity contribution is 5.72. The van der Waals surface area contributed by atoms with Crippen molar-refractivity contribution in [1.29, 1.82) is 0 Å². The molecule has 0 fully saturated rings. The number of nitrogens with one attached hydrogen (secondary N) is 1. The number of nitrogens with zero attached hydrogens (tertiary/aromatic N) is 2. The van der Waals surface area contributed by atoms with Gasteiger partial charge in [0.15, 0.2) is 0 Å². The average Bonchev–Trinajstić information content (AvgIpc) is 3.14. The maximum Gasteiger partial charge on any atom is 0.303 e. The van der Waals surface area contributed by atoms with Gasteiger partial charge in [0, 0.05) is 6.42 Å². The van der Waals surface area contributed by atoms with E-state index in [-0.39, 0.29) is 0 Å². The summed E-state index contributed by atoms with van der Waals surface area (Å²) in [5, 5.41) is 18.8. The Bertz CT molecular complexity index is 568. The summed E-state index contributed by atoms with van der Waals surface area (Å²) in [6.07, 6.45) is 17.3. The Hall–Kier alpha value is -1.91. The number of hydrogen-bond donors (Lipinski definition) is 2. The van der Waals surface area contributed by atoms with E-state index < -0.39 is 5.97 Å². The molecular formula is C22H37N3O2. The Labute approximate surface area is 163 Å². The van der Waals surface area contributed by atoms with Crippen molar-refractivity contribution in [1.82, 2.24) is 15.4 Å². The number of para-hydroxylation sites is 2. The predicted octanol–water partition coefficient (Wildman–Crippen LogP) is 6.51. The number of aromatic amines is 1. The molecule has 0 atom stereocenters. The summed E-state index contributed by atoms with van der Waals surface area (Å²) < 4.78 is 0. The number of H-pyrrole nitrogens is 1. The third-order valence-electron chi connectivity index (χ3n) is 4.72. The van der Waals surface area contributed by atoms with Crippen LogP contribution in [0.25, 0.3) is 11.0 Å². The van der Waals surface area contributed by atoms with Crippen molar-refractivity contribution in [3.05, 3.63) is 24.3 Å². The lowest BCUT2D eigenvalue weighted by atomic mass is 10.0. The van der Waals surface area contributed by atoms with Gasteiger partial charge in [-0.05, 0) is 18.6 Å². The van der Waals surface area contributed by atoms with Crippen LogP contribution in [0.4, 0.5) is 0 Å². The third-order valence-corrected chi connectivity index (χ3v) is 4.72. The average molecular weight is 376 g/mol. The summed E-state index contributed by atoms with van der Waals surface area (Å²) in [6, 6.07) is 7.70. The topological polar surface area (TPSA) is 78.9 Å². The van der Waals surface area contributed by atoms with E-state index >= 15 is 0 Å². The molecule has 0 radical (unpaired) electrons. The third kappa shape index (κ3) is 13.0. The molecule has 2 rings (SSSR count). The van der Waals surface area contributed by atoms with Crippen LogP contribution < -0.4 is 0 Å². The lowest BCUT2D eigenvalue weighted by molar-refractivity contribution is -0.137. The first-order valence-corrected chi connectivity index (χ1v) is 10.7. The van der Waals surface area contributed by atoms with Crippen LogP contribution in [0.5, 0.6) is 0 Å². The van der Waals surface area contributed by atoms with Gasteiger partial charge in [-0.2, -0.15) is 15.4 Å². The van der Waals surface area contributed by atoms with E-state index in [9.17, 15) is 4.79 Å². The van der Waals surface area contributed by atoms with E-state index in [1.165, 1.54) is 70.6 Å². The van der Waals surface area contributed by atoms with Gasteiger partial charge in [0.2, 0.25) is 0 Å². The second kappa shape index (κ2) is 16.3. The molecule has 5 heteroatoms. The fourth-order valence-corrected chi connectivity index (χ4v) is 3.08. The summed E-state index contributed by atoms with van der Waals surface area (Å²) in [7, 11) is 0. The van der Waals surface area contributed by atoms with Crippen LogP contribution in [-0.2, 0) is 4.79 Å². The van der Waals surface area contributed by atoms with Crippen LogP contribution in [0.1, 0.15) is 96.8 Å². The van der Waals surface area contributed by atoms with Crippen LogP contribution in [0.3, 0.4) is 0 Å². The number of fused-ring (bicyclic) bond motifs is 1. The van der Waals surface area contributed by atoms with Crippen molar-refractivity contribution < 1.29 is 9.90 Å². The molecule has 1 aromatic carbocycles. The molecule has 0 aliphatic heterocycles. The molecule has 2 N–H and O–H groups in total. The lowest BCUT2D eigenvalue weighted by Gasteiger charge is -2.02. The zero-order chi connectivity index (χ0) is 19.6. The molecule has 27 heavy (non-hydrogen) atoms. The molecule has 1 aromatic heterocycles. The molecule has 0 bridgehead atoms. The van der Waals surface area contributed by atoms with Crippen molar-refractivity contribution >= 4 is 17.0 Å². The van der Waals surface area contributed by atoms with Gasteiger partial charge >= 0.3 is 5.97 Å². The first-order valence-electron chi connectivity index (χ1n) is 10.7. The maximum absolute atomic E-state index is 10.3. The van der Waals surface area contributed by atoms with Gasteiger partial charge in [0.05, 0.1) is 0 Å². The van der Waals surface area contributed by atoms with Crippen LogP contribution >= 0.6 is 0 Å². The normalized spacial score (nSPS) is 10.6. The summed E-state index contributed by atoms with van der Waals surface area (Å²) in [5.74, 6) is -0.655. The van der Waals surface area contributed by atoms with Gasteiger partial charge in [-0.25, -0.2) is 0 Å². The maximum atomic E-state index is 10.3. The SMILES string of the molecule is CCCCCCCCCCCCCCCC(=O)O.c1ccc2n[nH]nc2c1. The highest BCUT2D eigenvalue weighted by atomic mass is 16.4. The highest BCUT2D eigenvalue weighted by Crippen LogP contribution is 2.12. The smallest absolute Gasteiger partial charge is 0.303 e. The van der Waals surface area contributed by atoms with Crippen molar-refractivity contribution in [3.8, 4) is 0 Å². The number of rotatable bonds is 14. The standard InChI is InChI=1S/C16H32O2.C6H5N3/c1-2-3-4-5-6-7-8-9-10-11-12-13-14-15-16(17)18;1-2-4-6-5(3-1)7-9-8-6/h2-15H2,1H3,(H,17,18);1-4H,(H,7,8,9). The molecular weight excluding hydrogens is 338 g/mol. The Balaban J connectivity index is 0.000000330. The number of unbranched alkanes of at least 4 members (excludes halogenated alkanes) is 12. The minimum atomic E-state index is -0.655. The summed E-state index contributed by atoms with van der Waals surface area (Å²) in [5.41, 5.74) is 1.83. The van der Waals surface area contributed by atoms with E-state index in [1.54, 1.807) is 0 Å². The minimum Gasteiger partial charge on any atom is -0.481 e. The van der Waals surface area contributed by atoms with Gasteiger partial charge in [0.25, 0.3) is 0 Å². The Morgan fingerprint density at radius 3 is 1.59 bits per heavy atom. The van der Waals surface area contributed by atoms with Crippen molar-refractivity contribution in [2.75, 3.05) is 0 Å². The van der Waals surface area contributed by atoms with E-state index in [0.717, 1.165) is 23.9 Å².